The molecule has 0 saturated heterocycles. The van der Waals surface area contributed by atoms with Gasteiger partial charge < -0.3 is 0 Å². The maximum atomic E-state index is 6.57. The maximum absolute atomic E-state index is 6.57. The third-order valence-corrected chi connectivity index (χ3v) is 12.7. The first-order chi connectivity index (χ1) is 23.6. The van der Waals surface area contributed by atoms with Gasteiger partial charge in [-0.05, 0) is 0 Å². The first-order valence-corrected chi connectivity index (χ1v) is 20.8. The second-order valence-corrected chi connectivity index (χ2v) is 14.8. The molecule has 8 bridgehead atoms. The van der Waals surface area contributed by atoms with Crippen molar-refractivity contribution in [1.82, 2.24) is 39.9 Å². The number of aromatic amines is 2. The van der Waals surface area contributed by atoms with Gasteiger partial charge in [0.05, 0.1) is 0 Å². The topological polar surface area (TPSA) is 109 Å². The van der Waals surface area contributed by atoms with Crippen molar-refractivity contribution in [2.24, 2.45) is 0 Å². The molecule has 0 unspecified atom stereocenters. The van der Waals surface area contributed by atoms with Crippen molar-refractivity contribution in [2.45, 2.75) is 0 Å². The van der Waals surface area contributed by atoms with Crippen LogP contribution in [0.25, 0.3) is 89.7 Å². The van der Waals surface area contributed by atoms with E-state index in [-0.39, 0.29) is 0 Å². The third-order valence-electron chi connectivity index (χ3n) is 7.86. The molecule has 0 fully saturated rings. The van der Waals surface area contributed by atoms with Gasteiger partial charge in [0.15, 0.2) is 0 Å². The Morgan fingerprint density at radius 2 is 0.688 bits per heavy atom. The molecule has 0 atom stereocenters. The number of aromatic nitrogens is 8. The molecule has 5 heterocycles. The first kappa shape index (κ1) is 31.5. The van der Waals surface area contributed by atoms with E-state index in [1.54, 1.807) is 0 Å². The Kier molecular flexibility index (Phi) is 8.30. The number of H-pyrrole nitrogens is 2. The van der Waals surface area contributed by atoms with Crippen LogP contribution in [0.3, 0.4) is 0 Å². The minimum atomic E-state index is 0.458. The van der Waals surface area contributed by atoms with Crippen LogP contribution < -0.4 is 17.8 Å². The van der Waals surface area contributed by atoms with Crippen molar-refractivity contribution in [2.75, 3.05) is 0 Å². The number of halogens is 4. The summed E-state index contributed by atoms with van der Waals surface area (Å²) in [5, 5.41) is 3.12. The van der Waals surface area contributed by atoms with Gasteiger partial charge in [0.2, 0.25) is 0 Å². The van der Waals surface area contributed by atoms with Crippen LogP contribution in [-0.4, -0.2) is 39.9 Å². The third kappa shape index (κ3) is 4.90. The van der Waals surface area contributed by atoms with E-state index in [0.29, 0.717) is 74.5 Å². The average Bonchev–Trinajstić information content (AvgIpc) is 3.86. The van der Waals surface area contributed by atoms with Crippen LogP contribution in [0.1, 0.15) is 0 Å². The Morgan fingerprint density at radius 1 is 0.375 bits per heavy atom. The van der Waals surface area contributed by atoms with Gasteiger partial charge in [-0.15, -0.1) is 0 Å². The molecule has 16 heteroatoms. The Balaban J connectivity index is 1.54. The van der Waals surface area contributed by atoms with Gasteiger partial charge in [-0.3, -0.25) is 0 Å². The summed E-state index contributed by atoms with van der Waals surface area (Å²) in [4.78, 5) is 37.1. The Bertz CT molecular complexity index is 2490. The summed E-state index contributed by atoms with van der Waals surface area (Å²) in [7, 11) is 26.0. The van der Waals surface area contributed by atoms with E-state index < -0.39 is 0 Å². The van der Waals surface area contributed by atoms with E-state index >= 15 is 0 Å². The normalized spacial score (nSPS) is 12.4. The fourth-order valence-electron chi connectivity index (χ4n) is 5.86. The van der Waals surface area contributed by atoms with E-state index in [9.17, 15) is 0 Å². The summed E-state index contributed by atoms with van der Waals surface area (Å²) in [6, 6.07) is 23.7. The van der Waals surface area contributed by atoms with Crippen LogP contribution in [-0.2, 0) is 56.2 Å². The van der Waals surface area contributed by atoms with Crippen LogP contribution in [0.2, 0.25) is 0 Å². The zero-order valence-corrected chi connectivity index (χ0v) is 30.1. The van der Waals surface area contributed by atoms with Crippen LogP contribution in [0.15, 0.2) is 72.8 Å². The van der Waals surface area contributed by atoms with Crippen LogP contribution in [0, 0.1) is 0 Å². The van der Waals surface area contributed by atoms with Crippen LogP contribution >= 0.6 is 40.4 Å². The Hall–Kier alpha value is -2.52. The monoisotopic (exact) mass is 902 g/mol. The molecule has 8 nitrogen and oxygen atoms in total. The first-order valence-electron chi connectivity index (χ1n) is 13.7. The van der Waals surface area contributed by atoms with E-state index in [1.165, 1.54) is 0 Å². The predicted molar refractivity (Wildman–Crippen MR) is 178 cm³/mol. The van der Waals surface area contributed by atoms with Crippen LogP contribution in [0.5, 0.6) is 0 Å². The number of hydrogen-bond donors (Lipinski definition) is 2. The van der Waals surface area contributed by atoms with E-state index in [4.69, 9.17) is 70.3 Å². The molecule has 0 aliphatic carbocycles. The molecule has 7 aromatic rings. The Morgan fingerprint density at radius 3 is 1.04 bits per heavy atom. The molecule has 2 N–H and O–H groups in total. The second-order valence-electron chi connectivity index (χ2n) is 10.3. The Labute approximate surface area is 313 Å². The minimum absolute atomic E-state index is 0.458. The van der Waals surface area contributed by atoms with E-state index in [2.05, 4.69) is 9.97 Å². The molecule has 3 aromatic heterocycles. The number of benzene rings is 4. The van der Waals surface area contributed by atoms with Gasteiger partial charge in [-0.1, -0.05) is 0 Å². The summed E-state index contributed by atoms with van der Waals surface area (Å²) >= 11 is 4.47. The van der Waals surface area contributed by atoms with Gasteiger partial charge in [0, 0.05) is 0 Å². The number of fused-ring (bicyclic) bond motifs is 20. The molecule has 2 aliphatic rings. The van der Waals surface area contributed by atoms with Crippen LogP contribution in [0.4, 0.5) is 0 Å². The van der Waals surface area contributed by atoms with Gasteiger partial charge in [-0.2, -0.15) is 0 Å². The van der Waals surface area contributed by atoms with Crippen molar-refractivity contribution in [3.8, 4) is 45.6 Å². The van der Waals surface area contributed by atoms with Crippen molar-refractivity contribution in [3.05, 3.63) is 72.8 Å². The van der Waals surface area contributed by atoms with Gasteiger partial charge in [0.25, 0.3) is 0 Å². The summed E-state index contributed by atoms with van der Waals surface area (Å²) in [5.74, 6) is 1.94. The molecule has 4 aromatic carbocycles. The number of nitrogens with zero attached hydrogens (tertiary/aromatic N) is 6. The van der Waals surface area contributed by atoms with Gasteiger partial charge in [-0.25, -0.2) is 0 Å². The zero-order valence-electron chi connectivity index (χ0n) is 23.3. The van der Waals surface area contributed by atoms with E-state index in [1.807, 2.05) is 72.8 Å². The molecule has 0 radical (unpaired) electrons. The van der Waals surface area contributed by atoms with Crippen molar-refractivity contribution in [1.29, 1.82) is 0 Å². The number of rotatable bonds is 4. The van der Waals surface area contributed by atoms with Crippen molar-refractivity contribution >= 4 is 102 Å². The zero-order chi connectivity index (χ0) is 32.5. The van der Waals surface area contributed by atoms with Gasteiger partial charge in [0.1, 0.15) is 0 Å². The predicted octanol–water partition coefficient (Wildman–Crippen LogP) is 6.32. The second kappa shape index (κ2) is 12.7. The summed E-state index contributed by atoms with van der Waals surface area (Å²) < 4.78 is 2.54. The van der Waals surface area contributed by atoms with Gasteiger partial charge >= 0.3 is 317 Å². The molecular formula is C32H14Cl4Cu4N8. The standard InChI is InChI=1S/C32H14N8.4ClH.4Cu/c1-2-10-18-17(9-1)25-33-26(18)38-28-21-13-5-6-14-22(21)30(35-28)40-32-24-16-8-7-15-23(24)31(36-32)39-29-20-12-4-3-11-19(20)27(34-29)37-25;;;;;;;;/h1-6,9-14H,(H2,33,34,35,36,37,38,39,40);4*1H;;;;/q;;;;;4*+1/p-4. The molecule has 254 valence electrons. The molecule has 48 heavy (non-hydrogen) atoms. The fraction of sp³-hybridized carbons (Fsp3) is 0. The molecule has 0 saturated carbocycles. The van der Waals surface area contributed by atoms with Crippen molar-refractivity contribution in [3.63, 3.8) is 0 Å². The summed E-state index contributed by atoms with van der Waals surface area (Å²) in [5.41, 5.74) is 5.48. The SMILES string of the molecule is [Cl][Cu][c]1[c]([Cu][Cl])[c]([Cu][Cl])c2c3nc4nc(nc5[nH]c(nc6nc(nc([nH]3)c2[c]1[Cu][Cl])-c1ccccc1-6)c1ccccc51)-c1ccccc1-4. The molecular weight excluding hydrogens is 892 g/mol. The molecule has 0 amide bonds. The summed E-state index contributed by atoms with van der Waals surface area (Å²) in [6.45, 7) is 0. The fourth-order valence-corrected chi connectivity index (χ4v) is 11.3. The average molecular weight is 907 g/mol. The molecule has 9 rings (SSSR count). The molecule has 0 spiro atoms. The van der Waals surface area contributed by atoms with E-state index in [0.717, 1.165) is 89.2 Å². The van der Waals surface area contributed by atoms with Crippen molar-refractivity contribution < 1.29 is 56.2 Å². The molecule has 2 aliphatic heterocycles. The number of nitrogens with one attached hydrogen (secondary N) is 2. The summed E-state index contributed by atoms with van der Waals surface area (Å²) in [6.07, 6.45) is 0. The number of hydrogen-bond acceptors (Lipinski definition) is 6. The quantitative estimate of drug-likeness (QED) is 0.201.